The number of hydrogen-bond donors (Lipinski definition) is 2. The van der Waals surface area contributed by atoms with Crippen molar-refractivity contribution in [3.63, 3.8) is 0 Å². The lowest BCUT2D eigenvalue weighted by Crippen LogP contribution is -2.16. The van der Waals surface area contributed by atoms with Gasteiger partial charge in [0.2, 0.25) is 5.91 Å². The number of nitrogens with two attached hydrogens (primary N) is 1. The normalized spacial score (nSPS) is 9.69. The molecule has 4 heteroatoms. The Balaban J connectivity index is 2.58. The highest BCUT2D eigenvalue weighted by Crippen LogP contribution is 2.04. The summed E-state index contributed by atoms with van der Waals surface area (Å²) in [5, 5.41) is 2.65. The van der Waals surface area contributed by atoms with E-state index in [0.29, 0.717) is 18.8 Å². The van der Waals surface area contributed by atoms with Gasteiger partial charge in [-0.2, -0.15) is 0 Å². The lowest BCUT2D eigenvalue weighted by atomic mass is 10.3. The third kappa shape index (κ3) is 3.21. The summed E-state index contributed by atoms with van der Waals surface area (Å²) in [5.41, 5.74) is 6.30. The first kappa shape index (κ1) is 9.67. The molecule has 70 valence electrons. The first-order chi connectivity index (χ1) is 6.22. The number of pyridine rings is 1. The van der Waals surface area contributed by atoms with Crippen LogP contribution in [0.2, 0.25) is 0 Å². The maximum Gasteiger partial charge on any atom is 0.226 e. The monoisotopic (exact) mass is 179 g/mol. The standard InChI is InChI=1S/C9H13N3O/c1-7-3-5-11-8(6-7)12-9(13)2-4-10/h3,5-6H,2,4,10H2,1H3,(H,11,12,13). The molecule has 0 aliphatic carbocycles. The van der Waals surface area contributed by atoms with Gasteiger partial charge in [-0.1, -0.05) is 0 Å². The third-order valence-electron chi connectivity index (χ3n) is 1.55. The lowest BCUT2D eigenvalue weighted by molar-refractivity contribution is -0.116. The van der Waals surface area contributed by atoms with Crippen molar-refractivity contribution < 1.29 is 4.79 Å². The Labute approximate surface area is 77.2 Å². The van der Waals surface area contributed by atoms with Gasteiger partial charge in [-0.25, -0.2) is 4.98 Å². The molecule has 0 saturated carbocycles. The van der Waals surface area contributed by atoms with Crippen molar-refractivity contribution in [2.45, 2.75) is 13.3 Å². The molecule has 0 saturated heterocycles. The van der Waals surface area contributed by atoms with Gasteiger partial charge >= 0.3 is 0 Å². The number of aryl methyl sites for hydroxylation is 1. The van der Waals surface area contributed by atoms with Crippen molar-refractivity contribution in [2.24, 2.45) is 5.73 Å². The fraction of sp³-hybridized carbons (Fsp3) is 0.333. The fourth-order valence-electron chi connectivity index (χ4n) is 0.941. The summed E-state index contributed by atoms with van der Waals surface area (Å²) >= 11 is 0. The van der Waals surface area contributed by atoms with E-state index < -0.39 is 0 Å². The predicted octanol–water partition coefficient (Wildman–Crippen LogP) is 0.677. The Hall–Kier alpha value is -1.42. The van der Waals surface area contributed by atoms with E-state index in [1.165, 1.54) is 0 Å². The molecule has 0 bridgehead atoms. The second kappa shape index (κ2) is 4.57. The van der Waals surface area contributed by atoms with Crippen LogP contribution in [0.3, 0.4) is 0 Å². The van der Waals surface area contributed by atoms with Crippen molar-refractivity contribution in [3.8, 4) is 0 Å². The van der Waals surface area contributed by atoms with Gasteiger partial charge in [-0.3, -0.25) is 4.79 Å². The van der Waals surface area contributed by atoms with Crippen molar-refractivity contribution in [3.05, 3.63) is 23.9 Å². The zero-order chi connectivity index (χ0) is 9.68. The number of carbonyl (C=O) groups is 1. The number of nitrogens with zero attached hydrogens (tertiary/aromatic N) is 1. The molecule has 1 heterocycles. The largest absolute Gasteiger partial charge is 0.330 e. The average molecular weight is 179 g/mol. The highest BCUT2D eigenvalue weighted by molar-refractivity contribution is 5.89. The van der Waals surface area contributed by atoms with Crippen molar-refractivity contribution in [1.29, 1.82) is 0 Å². The molecule has 1 aromatic rings. The van der Waals surface area contributed by atoms with Crippen LogP contribution in [0.1, 0.15) is 12.0 Å². The van der Waals surface area contributed by atoms with E-state index in [9.17, 15) is 4.79 Å². The third-order valence-corrected chi connectivity index (χ3v) is 1.55. The highest BCUT2D eigenvalue weighted by atomic mass is 16.1. The van der Waals surface area contributed by atoms with Crippen LogP contribution in [0.15, 0.2) is 18.3 Å². The first-order valence-electron chi connectivity index (χ1n) is 4.15. The average Bonchev–Trinajstić information content (AvgIpc) is 2.04. The molecule has 0 atom stereocenters. The summed E-state index contributed by atoms with van der Waals surface area (Å²) in [6, 6.07) is 3.69. The summed E-state index contributed by atoms with van der Waals surface area (Å²) in [4.78, 5) is 15.1. The molecule has 13 heavy (non-hydrogen) atoms. The van der Waals surface area contributed by atoms with Crippen LogP contribution >= 0.6 is 0 Å². The van der Waals surface area contributed by atoms with Gasteiger partial charge in [-0.05, 0) is 24.6 Å². The molecule has 0 fully saturated rings. The van der Waals surface area contributed by atoms with Gasteiger partial charge in [0.1, 0.15) is 5.82 Å². The van der Waals surface area contributed by atoms with Crippen LogP contribution in [0.25, 0.3) is 0 Å². The van der Waals surface area contributed by atoms with Gasteiger partial charge in [-0.15, -0.1) is 0 Å². The summed E-state index contributed by atoms with van der Waals surface area (Å²) in [6.45, 7) is 2.30. The van der Waals surface area contributed by atoms with Gasteiger partial charge < -0.3 is 11.1 Å². The smallest absolute Gasteiger partial charge is 0.226 e. The maximum atomic E-state index is 11.1. The Morgan fingerprint density at radius 1 is 1.69 bits per heavy atom. The summed E-state index contributed by atoms with van der Waals surface area (Å²) in [7, 11) is 0. The number of rotatable bonds is 3. The van der Waals surface area contributed by atoms with Crippen LogP contribution in [0.4, 0.5) is 5.82 Å². The summed E-state index contributed by atoms with van der Waals surface area (Å²) in [5.74, 6) is 0.485. The molecule has 0 spiro atoms. The minimum atomic E-state index is -0.0967. The molecule has 0 radical (unpaired) electrons. The number of hydrogen-bond acceptors (Lipinski definition) is 3. The predicted molar refractivity (Wildman–Crippen MR) is 51.3 cm³/mol. The molecule has 4 nitrogen and oxygen atoms in total. The SMILES string of the molecule is Cc1ccnc(NC(=O)CCN)c1. The van der Waals surface area contributed by atoms with E-state index >= 15 is 0 Å². The molecule has 1 rings (SSSR count). The van der Waals surface area contributed by atoms with Crippen LogP contribution in [0, 0.1) is 6.92 Å². The quantitative estimate of drug-likeness (QED) is 0.716. The molecule has 0 aliphatic rings. The maximum absolute atomic E-state index is 11.1. The molecule has 1 amide bonds. The Bertz CT molecular complexity index is 299. The van der Waals surface area contributed by atoms with Crippen molar-refractivity contribution in [2.75, 3.05) is 11.9 Å². The Kier molecular flexibility index (Phi) is 3.40. The van der Waals surface area contributed by atoms with E-state index in [1.807, 2.05) is 19.1 Å². The lowest BCUT2D eigenvalue weighted by Gasteiger charge is -2.02. The molecule has 3 N–H and O–H groups in total. The van der Waals surface area contributed by atoms with Crippen LogP contribution in [-0.2, 0) is 4.79 Å². The minimum Gasteiger partial charge on any atom is -0.330 e. The zero-order valence-electron chi connectivity index (χ0n) is 7.58. The van der Waals surface area contributed by atoms with E-state index in [-0.39, 0.29) is 5.91 Å². The minimum absolute atomic E-state index is 0.0967. The Morgan fingerprint density at radius 2 is 2.46 bits per heavy atom. The van der Waals surface area contributed by atoms with E-state index in [4.69, 9.17) is 5.73 Å². The number of aromatic nitrogens is 1. The molecule has 1 aromatic heterocycles. The molecule has 0 aliphatic heterocycles. The van der Waals surface area contributed by atoms with Crippen molar-refractivity contribution >= 4 is 11.7 Å². The van der Waals surface area contributed by atoms with Gasteiger partial charge in [0.25, 0.3) is 0 Å². The van der Waals surface area contributed by atoms with Gasteiger partial charge in [0.05, 0.1) is 0 Å². The molecular weight excluding hydrogens is 166 g/mol. The van der Waals surface area contributed by atoms with Crippen LogP contribution in [0.5, 0.6) is 0 Å². The van der Waals surface area contributed by atoms with Crippen LogP contribution < -0.4 is 11.1 Å². The fourth-order valence-corrected chi connectivity index (χ4v) is 0.941. The van der Waals surface area contributed by atoms with E-state index in [0.717, 1.165) is 5.56 Å². The van der Waals surface area contributed by atoms with Crippen LogP contribution in [-0.4, -0.2) is 17.4 Å². The first-order valence-corrected chi connectivity index (χ1v) is 4.15. The number of nitrogens with one attached hydrogen (secondary N) is 1. The molecule has 0 aromatic carbocycles. The molecular formula is C9H13N3O. The Morgan fingerprint density at radius 3 is 3.08 bits per heavy atom. The summed E-state index contributed by atoms with van der Waals surface area (Å²) in [6.07, 6.45) is 1.99. The topological polar surface area (TPSA) is 68.0 Å². The highest BCUT2D eigenvalue weighted by Gasteiger charge is 2.00. The van der Waals surface area contributed by atoms with E-state index in [1.54, 1.807) is 6.20 Å². The molecule has 0 unspecified atom stereocenters. The van der Waals surface area contributed by atoms with Crippen molar-refractivity contribution in [1.82, 2.24) is 4.98 Å². The number of amides is 1. The summed E-state index contributed by atoms with van der Waals surface area (Å²) < 4.78 is 0. The van der Waals surface area contributed by atoms with Gasteiger partial charge in [0.15, 0.2) is 0 Å². The number of carbonyl (C=O) groups excluding carboxylic acids is 1. The zero-order valence-corrected chi connectivity index (χ0v) is 7.58. The second-order valence-electron chi connectivity index (χ2n) is 2.81. The van der Waals surface area contributed by atoms with Gasteiger partial charge in [0, 0.05) is 19.2 Å². The second-order valence-corrected chi connectivity index (χ2v) is 2.81. The number of anilines is 1. The van der Waals surface area contributed by atoms with E-state index in [2.05, 4.69) is 10.3 Å².